The minimum absolute atomic E-state index is 0.0191. The maximum absolute atomic E-state index is 13.7. The zero-order chi connectivity index (χ0) is 24.1. The lowest BCUT2D eigenvalue weighted by Crippen LogP contribution is -2.38. The van der Waals surface area contributed by atoms with Gasteiger partial charge in [0.2, 0.25) is 5.91 Å². The van der Waals surface area contributed by atoms with Gasteiger partial charge in [-0.25, -0.2) is 4.98 Å². The highest BCUT2D eigenvalue weighted by Gasteiger charge is 2.27. The van der Waals surface area contributed by atoms with Crippen molar-refractivity contribution in [1.82, 2.24) is 14.5 Å². The Morgan fingerprint density at radius 1 is 1.15 bits per heavy atom. The molecule has 7 heteroatoms. The summed E-state index contributed by atoms with van der Waals surface area (Å²) in [6, 6.07) is 12.3. The van der Waals surface area contributed by atoms with Crippen LogP contribution in [0, 0.1) is 12.8 Å². The van der Waals surface area contributed by atoms with Crippen LogP contribution < -0.4 is 5.56 Å². The number of aromatic nitrogens is 2. The normalized spacial score (nSPS) is 12.3. The first kappa shape index (κ1) is 25.3. The lowest BCUT2D eigenvalue weighted by atomic mass is 10.1. The Bertz CT molecular complexity index is 1190. The molecule has 0 N–H and O–H groups in total. The van der Waals surface area contributed by atoms with E-state index in [9.17, 15) is 9.59 Å². The first-order chi connectivity index (χ1) is 15.7. The van der Waals surface area contributed by atoms with Crippen molar-refractivity contribution in [3.8, 4) is 5.69 Å². The lowest BCUT2D eigenvalue weighted by Gasteiger charge is -2.31. The van der Waals surface area contributed by atoms with E-state index >= 15 is 0 Å². The number of alkyl halides is 1. The molecule has 1 aromatic heterocycles. The Labute approximate surface area is 205 Å². The fraction of sp³-hybridized carbons (Fsp3) is 0.423. The van der Waals surface area contributed by atoms with Gasteiger partial charge in [0.05, 0.1) is 22.6 Å². The summed E-state index contributed by atoms with van der Waals surface area (Å²) in [6.45, 7) is 8.71. The van der Waals surface area contributed by atoms with E-state index in [1.54, 1.807) is 16.7 Å². The summed E-state index contributed by atoms with van der Waals surface area (Å²) in [5, 5.41) is 1.13. The predicted molar refractivity (Wildman–Crippen MR) is 137 cm³/mol. The summed E-state index contributed by atoms with van der Waals surface area (Å²) in [5.74, 6) is 1.42. The smallest absolute Gasteiger partial charge is 0.266 e. The van der Waals surface area contributed by atoms with Crippen LogP contribution in [-0.2, 0) is 4.79 Å². The van der Waals surface area contributed by atoms with Crippen LogP contribution >= 0.6 is 23.2 Å². The largest absolute Gasteiger partial charge is 0.333 e. The summed E-state index contributed by atoms with van der Waals surface area (Å²) < 4.78 is 1.63. The number of hydrogen-bond donors (Lipinski definition) is 0. The van der Waals surface area contributed by atoms with Crippen molar-refractivity contribution in [2.45, 2.75) is 53.0 Å². The number of rotatable bonds is 9. The average Bonchev–Trinajstić information content (AvgIpc) is 2.78. The molecule has 0 bridgehead atoms. The molecule has 176 valence electrons. The van der Waals surface area contributed by atoms with E-state index in [1.807, 2.05) is 49.1 Å². The van der Waals surface area contributed by atoms with Gasteiger partial charge in [-0.05, 0) is 68.5 Å². The molecule has 2 aromatic carbocycles. The van der Waals surface area contributed by atoms with Crippen LogP contribution in [0.1, 0.15) is 57.5 Å². The molecule has 1 heterocycles. The lowest BCUT2D eigenvalue weighted by molar-refractivity contribution is -0.133. The van der Waals surface area contributed by atoms with Crippen molar-refractivity contribution in [3.63, 3.8) is 0 Å². The quantitative estimate of drug-likeness (QED) is 0.332. The molecular weight excluding hydrogens is 457 g/mol. The molecular formula is C26H31Cl2N3O2. The van der Waals surface area contributed by atoms with Crippen LogP contribution in [0.15, 0.2) is 47.3 Å². The highest BCUT2D eigenvalue weighted by molar-refractivity contribution is 6.30. The number of amides is 1. The standard InChI is InChI=1S/C26H31Cl2N3O2/c1-17(2)13-15-30(24(32)10-7-14-27)19(4)25-29-22-9-6-5-8-21(22)26(33)31(25)23-12-11-20(28)16-18(23)3/h5-6,8-9,11-12,16-17,19H,7,10,13-15H2,1-4H3. The van der Waals surface area contributed by atoms with Crippen LogP contribution in [0.5, 0.6) is 0 Å². The molecule has 33 heavy (non-hydrogen) atoms. The second-order valence-corrected chi connectivity index (χ2v) is 9.61. The summed E-state index contributed by atoms with van der Waals surface area (Å²) in [5.41, 5.74) is 2.02. The number of halogens is 2. The molecule has 0 spiro atoms. The maximum Gasteiger partial charge on any atom is 0.266 e. The predicted octanol–water partition coefficient (Wildman–Crippen LogP) is 6.30. The maximum atomic E-state index is 13.7. The summed E-state index contributed by atoms with van der Waals surface area (Å²) >= 11 is 12.0. The van der Waals surface area contributed by atoms with Gasteiger partial charge in [-0.2, -0.15) is 0 Å². The molecule has 1 atom stereocenters. The molecule has 3 rings (SSSR count). The highest BCUT2D eigenvalue weighted by atomic mass is 35.5. The van der Waals surface area contributed by atoms with Gasteiger partial charge in [-0.15, -0.1) is 11.6 Å². The van der Waals surface area contributed by atoms with E-state index in [0.29, 0.717) is 58.6 Å². The van der Waals surface area contributed by atoms with Crippen molar-refractivity contribution < 1.29 is 4.79 Å². The van der Waals surface area contributed by atoms with Gasteiger partial charge in [0.25, 0.3) is 5.56 Å². The van der Waals surface area contributed by atoms with Gasteiger partial charge in [-0.3, -0.25) is 14.2 Å². The molecule has 3 aromatic rings. The van der Waals surface area contributed by atoms with Crippen molar-refractivity contribution in [3.05, 3.63) is 69.2 Å². The van der Waals surface area contributed by atoms with E-state index in [0.717, 1.165) is 12.0 Å². The van der Waals surface area contributed by atoms with E-state index in [4.69, 9.17) is 28.2 Å². The van der Waals surface area contributed by atoms with Gasteiger partial charge in [-0.1, -0.05) is 37.6 Å². The molecule has 0 aliphatic carbocycles. The van der Waals surface area contributed by atoms with Crippen LogP contribution in [0.25, 0.3) is 16.6 Å². The molecule has 0 saturated heterocycles. The van der Waals surface area contributed by atoms with E-state index < -0.39 is 6.04 Å². The molecule has 5 nitrogen and oxygen atoms in total. The van der Waals surface area contributed by atoms with Gasteiger partial charge >= 0.3 is 0 Å². The molecule has 1 amide bonds. The number of carbonyl (C=O) groups is 1. The Kier molecular flexibility index (Phi) is 8.55. The van der Waals surface area contributed by atoms with Gasteiger partial charge in [0.1, 0.15) is 5.82 Å². The number of fused-ring (bicyclic) bond motifs is 1. The number of carbonyl (C=O) groups excluding carboxylic acids is 1. The van der Waals surface area contributed by atoms with Crippen molar-refractivity contribution in [2.24, 2.45) is 5.92 Å². The summed E-state index contributed by atoms with van der Waals surface area (Å²) in [4.78, 5) is 33.6. The third-order valence-corrected chi connectivity index (χ3v) is 6.34. The SMILES string of the molecule is Cc1cc(Cl)ccc1-n1c(C(C)N(CCC(C)C)C(=O)CCCCl)nc2ccccc2c1=O. The zero-order valence-electron chi connectivity index (χ0n) is 19.6. The van der Waals surface area contributed by atoms with Crippen LogP contribution in [0.4, 0.5) is 0 Å². The highest BCUT2D eigenvalue weighted by Crippen LogP contribution is 2.27. The fourth-order valence-electron chi connectivity index (χ4n) is 3.97. The molecule has 0 fully saturated rings. The monoisotopic (exact) mass is 487 g/mol. The first-order valence-electron chi connectivity index (χ1n) is 11.4. The molecule has 0 aliphatic heterocycles. The molecule has 1 unspecified atom stereocenters. The van der Waals surface area contributed by atoms with Gasteiger partial charge < -0.3 is 4.90 Å². The minimum Gasteiger partial charge on any atom is -0.333 e. The van der Waals surface area contributed by atoms with Crippen LogP contribution in [-0.4, -0.2) is 32.8 Å². The number of benzene rings is 2. The van der Waals surface area contributed by atoms with Gasteiger partial charge in [0, 0.05) is 23.9 Å². The molecule has 0 saturated carbocycles. The fourth-order valence-corrected chi connectivity index (χ4v) is 4.33. The molecule has 0 aliphatic rings. The third kappa shape index (κ3) is 5.77. The number of para-hydroxylation sites is 1. The summed E-state index contributed by atoms with van der Waals surface area (Å²) in [6.07, 6.45) is 1.83. The van der Waals surface area contributed by atoms with E-state index in [1.165, 1.54) is 0 Å². The van der Waals surface area contributed by atoms with E-state index in [2.05, 4.69) is 13.8 Å². The van der Waals surface area contributed by atoms with Crippen molar-refractivity contribution in [2.75, 3.05) is 12.4 Å². The third-order valence-electron chi connectivity index (χ3n) is 5.83. The number of aryl methyl sites for hydroxylation is 1. The van der Waals surface area contributed by atoms with Crippen LogP contribution in [0.3, 0.4) is 0 Å². The first-order valence-corrected chi connectivity index (χ1v) is 12.3. The zero-order valence-corrected chi connectivity index (χ0v) is 21.2. The number of hydrogen-bond acceptors (Lipinski definition) is 3. The Morgan fingerprint density at radius 3 is 2.55 bits per heavy atom. The van der Waals surface area contributed by atoms with Crippen LogP contribution in [0.2, 0.25) is 5.02 Å². The van der Waals surface area contributed by atoms with Crippen molar-refractivity contribution >= 4 is 40.0 Å². The molecule has 0 radical (unpaired) electrons. The topological polar surface area (TPSA) is 55.2 Å². The Balaban J connectivity index is 2.21. The second-order valence-electron chi connectivity index (χ2n) is 8.80. The Hall–Kier alpha value is -2.37. The second kappa shape index (κ2) is 11.2. The summed E-state index contributed by atoms with van der Waals surface area (Å²) in [7, 11) is 0. The number of nitrogens with zero attached hydrogens (tertiary/aromatic N) is 3. The van der Waals surface area contributed by atoms with Gasteiger partial charge in [0.15, 0.2) is 0 Å². The van der Waals surface area contributed by atoms with E-state index in [-0.39, 0.29) is 11.5 Å². The van der Waals surface area contributed by atoms with Crippen molar-refractivity contribution in [1.29, 1.82) is 0 Å². The average molecular weight is 488 g/mol. The Morgan fingerprint density at radius 2 is 1.88 bits per heavy atom. The minimum atomic E-state index is -0.404.